The van der Waals surface area contributed by atoms with Gasteiger partial charge in [-0.1, -0.05) is 13.0 Å². The molecule has 1 heterocycles. The van der Waals surface area contributed by atoms with Gasteiger partial charge in [-0.15, -0.1) is 11.3 Å². The van der Waals surface area contributed by atoms with Crippen LogP contribution in [0.3, 0.4) is 0 Å². The Kier molecular flexibility index (Phi) is 10.7. The number of hydrogen-bond donors (Lipinski definition) is 0. The van der Waals surface area contributed by atoms with Crippen LogP contribution in [0.15, 0.2) is 12.1 Å². The number of nitrogens with zero attached hydrogens (tertiary/aromatic N) is 1. The Bertz CT molecular complexity index is 850. The first-order chi connectivity index (χ1) is 15.5. The van der Waals surface area contributed by atoms with Gasteiger partial charge in [-0.3, -0.25) is 4.79 Å². The summed E-state index contributed by atoms with van der Waals surface area (Å²) in [5.74, 6) is -0.414. The number of thiophene rings is 1. The Morgan fingerprint density at radius 1 is 1.06 bits per heavy atom. The van der Waals surface area contributed by atoms with Gasteiger partial charge in [0.15, 0.2) is 0 Å². The Labute approximate surface area is 244 Å². The summed E-state index contributed by atoms with van der Waals surface area (Å²) in [4.78, 5) is 29.1. The zero-order chi connectivity index (χ0) is 22.7. The topological polar surface area (TPSA) is 69.7 Å². The maximum Gasteiger partial charge on any atom is 1.00 e. The Morgan fingerprint density at radius 3 is 2.33 bits per heavy atom. The smallest absolute Gasteiger partial charge is 0.544 e. The number of allylic oxidation sites excluding steroid dienone is 2. The second kappa shape index (κ2) is 12.8. The molecule has 0 radical (unpaired) electrons. The van der Waals surface area contributed by atoms with E-state index in [1.807, 2.05) is 11.0 Å². The monoisotopic (exact) mass is 497 g/mol. The molecule has 0 bridgehead atoms. The average Bonchev–Trinajstić information content (AvgIpc) is 3.26. The van der Waals surface area contributed by atoms with Gasteiger partial charge in [0, 0.05) is 23.9 Å². The van der Waals surface area contributed by atoms with Crippen LogP contribution in [0.2, 0.25) is 0 Å². The molecule has 1 amide bonds. The van der Waals surface area contributed by atoms with Gasteiger partial charge in [0.05, 0.1) is 22.6 Å². The van der Waals surface area contributed by atoms with E-state index in [1.165, 1.54) is 23.3 Å². The SMILES string of the molecule is COC1CCC(N(C(=O)C2CCC(C)CC2)c2cc(C3=CCCCC3)sc2C(=O)[O-])CC1.[K+]. The fourth-order valence-corrected chi connectivity index (χ4v) is 6.72. The second-order valence-corrected chi connectivity index (χ2v) is 11.0. The number of ether oxygens (including phenoxy) is 1. The molecule has 2 fully saturated rings. The van der Waals surface area contributed by atoms with Crippen molar-refractivity contribution in [3.63, 3.8) is 0 Å². The van der Waals surface area contributed by atoms with Crippen LogP contribution in [-0.2, 0) is 9.53 Å². The summed E-state index contributed by atoms with van der Waals surface area (Å²) in [7, 11) is 1.74. The van der Waals surface area contributed by atoms with E-state index in [0.717, 1.165) is 75.5 Å². The molecule has 0 spiro atoms. The van der Waals surface area contributed by atoms with Crippen molar-refractivity contribution in [3.8, 4) is 0 Å². The minimum absolute atomic E-state index is 0. The number of hydrogen-bond acceptors (Lipinski definition) is 5. The van der Waals surface area contributed by atoms with Crippen LogP contribution in [0, 0.1) is 11.8 Å². The Morgan fingerprint density at radius 2 is 1.76 bits per heavy atom. The predicted octanol–water partition coefficient (Wildman–Crippen LogP) is 2.19. The van der Waals surface area contributed by atoms with Crippen molar-refractivity contribution in [2.45, 2.75) is 96.1 Å². The van der Waals surface area contributed by atoms with Crippen LogP contribution in [-0.4, -0.2) is 31.1 Å². The zero-order valence-electron chi connectivity index (χ0n) is 20.4. The molecule has 5 nitrogen and oxygen atoms in total. The fourth-order valence-electron chi connectivity index (χ4n) is 5.67. The predicted molar refractivity (Wildman–Crippen MR) is 127 cm³/mol. The largest absolute Gasteiger partial charge is 1.00 e. The van der Waals surface area contributed by atoms with E-state index in [-0.39, 0.29) is 80.2 Å². The number of carboxylic acids is 1. The first-order valence-corrected chi connectivity index (χ1v) is 13.2. The molecule has 7 heteroatoms. The third-order valence-corrected chi connectivity index (χ3v) is 8.89. The molecule has 3 aliphatic carbocycles. The van der Waals surface area contributed by atoms with E-state index in [4.69, 9.17) is 4.74 Å². The van der Waals surface area contributed by atoms with Gasteiger partial charge in [-0.2, -0.15) is 0 Å². The summed E-state index contributed by atoms with van der Waals surface area (Å²) in [6.45, 7) is 2.25. The quantitative estimate of drug-likeness (QED) is 0.565. The van der Waals surface area contributed by atoms with Crippen LogP contribution in [0.25, 0.3) is 5.57 Å². The second-order valence-electron chi connectivity index (χ2n) is 9.92. The summed E-state index contributed by atoms with van der Waals surface area (Å²) in [5, 5.41) is 12.2. The molecule has 2 saturated carbocycles. The number of carbonyl (C=O) groups excluding carboxylic acids is 2. The minimum Gasteiger partial charge on any atom is -0.544 e. The molecule has 0 N–H and O–H groups in total. The third-order valence-electron chi connectivity index (χ3n) is 7.71. The van der Waals surface area contributed by atoms with Crippen molar-refractivity contribution in [2.24, 2.45) is 11.8 Å². The number of carboxylic acid groups (broad SMARTS) is 1. The van der Waals surface area contributed by atoms with E-state index < -0.39 is 5.97 Å². The van der Waals surface area contributed by atoms with Crippen molar-refractivity contribution < 1.29 is 70.8 Å². The number of carbonyl (C=O) groups is 2. The Hall–Kier alpha value is -0.0236. The van der Waals surface area contributed by atoms with Crippen molar-refractivity contribution in [3.05, 3.63) is 21.9 Å². The van der Waals surface area contributed by atoms with E-state index in [1.54, 1.807) is 7.11 Å². The van der Waals surface area contributed by atoms with Gasteiger partial charge in [-0.05, 0) is 94.6 Å². The van der Waals surface area contributed by atoms with Crippen LogP contribution < -0.4 is 61.4 Å². The average molecular weight is 498 g/mol. The molecule has 176 valence electrons. The summed E-state index contributed by atoms with van der Waals surface area (Å²) >= 11 is 1.29. The van der Waals surface area contributed by atoms with E-state index in [9.17, 15) is 14.7 Å². The number of anilines is 1. The first-order valence-electron chi connectivity index (χ1n) is 12.4. The molecule has 4 rings (SSSR count). The molecule has 3 aliphatic rings. The van der Waals surface area contributed by atoms with E-state index in [0.29, 0.717) is 11.6 Å². The summed E-state index contributed by atoms with van der Waals surface area (Å²) in [6.07, 6.45) is 14.2. The van der Waals surface area contributed by atoms with Gasteiger partial charge >= 0.3 is 51.4 Å². The third kappa shape index (κ3) is 6.60. The van der Waals surface area contributed by atoms with Crippen molar-refractivity contribution in [1.29, 1.82) is 0 Å². The molecule has 0 aromatic carbocycles. The maximum atomic E-state index is 13.9. The van der Waals surface area contributed by atoms with Gasteiger partial charge in [0.1, 0.15) is 0 Å². The zero-order valence-corrected chi connectivity index (χ0v) is 24.4. The van der Waals surface area contributed by atoms with Crippen LogP contribution in [0.1, 0.15) is 98.5 Å². The van der Waals surface area contributed by atoms with Gasteiger partial charge < -0.3 is 19.5 Å². The molecule has 0 aliphatic heterocycles. The number of methoxy groups -OCH3 is 1. The molecule has 1 aromatic rings. The van der Waals surface area contributed by atoms with Crippen LogP contribution in [0.5, 0.6) is 0 Å². The number of amides is 1. The summed E-state index contributed by atoms with van der Waals surface area (Å²) in [5.41, 5.74) is 1.79. The molecule has 1 aromatic heterocycles. The molecule has 33 heavy (non-hydrogen) atoms. The van der Waals surface area contributed by atoms with E-state index in [2.05, 4.69) is 13.0 Å². The first kappa shape index (κ1) is 27.6. The molecular formula is C26H36KNO4S. The molecule has 0 saturated heterocycles. The standard InChI is InChI=1S/C26H37NO4S.K/c1-17-8-10-19(11-9-17)25(28)27(20-12-14-21(31-2)15-13-20)22-16-23(32-24(22)26(29)30)18-6-4-3-5-7-18;/h6,16-17,19-21H,3-5,7-15H2,1-2H3,(H,29,30);/q;+1/p-1. The molecule has 0 atom stereocenters. The van der Waals surface area contributed by atoms with Gasteiger partial charge in [-0.25, -0.2) is 0 Å². The maximum absolute atomic E-state index is 13.9. The van der Waals surface area contributed by atoms with Crippen molar-refractivity contribution >= 4 is 34.5 Å². The normalized spacial score (nSPS) is 27.9. The van der Waals surface area contributed by atoms with Gasteiger partial charge in [0.2, 0.25) is 5.91 Å². The summed E-state index contributed by atoms with van der Waals surface area (Å²) < 4.78 is 5.55. The van der Waals surface area contributed by atoms with Crippen molar-refractivity contribution in [1.82, 2.24) is 0 Å². The molecular weight excluding hydrogens is 461 g/mol. The van der Waals surface area contributed by atoms with Gasteiger partial charge in [0.25, 0.3) is 0 Å². The number of rotatable bonds is 6. The van der Waals surface area contributed by atoms with Crippen LogP contribution >= 0.6 is 11.3 Å². The fraction of sp³-hybridized carbons (Fsp3) is 0.692. The van der Waals surface area contributed by atoms with E-state index >= 15 is 0 Å². The van der Waals surface area contributed by atoms with Crippen molar-refractivity contribution in [2.75, 3.05) is 12.0 Å². The summed E-state index contributed by atoms with van der Waals surface area (Å²) in [6, 6.07) is 1.99. The Balaban J connectivity index is 0.00000306. The van der Waals surface area contributed by atoms with Crippen LogP contribution in [0.4, 0.5) is 5.69 Å². The molecule has 0 unspecified atom stereocenters. The minimum atomic E-state index is -1.17. The number of aromatic carboxylic acids is 1.